The molecule has 0 radical (unpaired) electrons. The molecule has 0 bridgehead atoms. The lowest BCUT2D eigenvalue weighted by molar-refractivity contribution is -0.141. The van der Waals surface area contributed by atoms with E-state index in [1.54, 1.807) is 6.07 Å². The van der Waals surface area contributed by atoms with Gasteiger partial charge >= 0.3 is 6.18 Å². The summed E-state index contributed by atoms with van der Waals surface area (Å²) in [6, 6.07) is 12.1. The van der Waals surface area contributed by atoms with Crippen LogP contribution in [0.5, 0.6) is 5.75 Å². The van der Waals surface area contributed by atoms with Gasteiger partial charge in [-0.15, -0.1) is 12.4 Å². The van der Waals surface area contributed by atoms with E-state index in [9.17, 15) is 18.0 Å². The molecule has 2 atom stereocenters. The number of nitrogens with one attached hydrogen (secondary N) is 1. The average molecular weight is 533 g/mol. The molecule has 5 nitrogen and oxygen atoms in total. The highest BCUT2D eigenvalue weighted by Gasteiger charge is 2.48. The van der Waals surface area contributed by atoms with Gasteiger partial charge in [-0.05, 0) is 62.1 Å². The third kappa shape index (κ3) is 6.42. The van der Waals surface area contributed by atoms with Gasteiger partial charge in [-0.3, -0.25) is 9.69 Å². The van der Waals surface area contributed by atoms with Gasteiger partial charge in [0.1, 0.15) is 17.4 Å². The molecule has 2 aliphatic heterocycles. The summed E-state index contributed by atoms with van der Waals surface area (Å²) in [5.41, 5.74) is -0.581. The Morgan fingerprint density at radius 3 is 2.60 bits per heavy atom. The minimum absolute atomic E-state index is 0. The molecular weight excluding hydrogens is 504 g/mol. The van der Waals surface area contributed by atoms with Crippen molar-refractivity contribution in [1.82, 2.24) is 10.2 Å². The molecule has 192 valence electrons. The number of nitrogens with zero attached hydrogens (tertiary/aromatic N) is 1. The Morgan fingerprint density at radius 1 is 1.20 bits per heavy atom. The van der Waals surface area contributed by atoms with E-state index in [1.807, 2.05) is 25.1 Å². The molecule has 4 rings (SSSR count). The topological polar surface area (TPSA) is 50.8 Å². The number of hydrogen-bond donors (Lipinski definition) is 1. The molecule has 2 aromatic rings. The molecule has 10 heteroatoms. The van der Waals surface area contributed by atoms with E-state index in [1.165, 1.54) is 12.1 Å². The first kappa shape index (κ1) is 27.6. The summed E-state index contributed by atoms with van der Waals surface area (Å²) in [5, 5.41) is 3.74. The summed E-state index contributed by atoms with van der Waals surface area (Å²) in [4.78, 5) is 15.7. The maximum atomic E-state index is 13.6. The molecule has 1 N–H and O–H groups in total. The third-order valence-corrected chi connectivity index (χ3v) is 6.89. The highest BCUT2D eigenvalue weighted by atomic mass is 35.5. The fraction of sp³-hybridized carbons (Fsp3) is 0.480. The van der Waals surface area contributed by atoms with Crippen molar-refractivity contribution in [2.24, 2.45) is 0 Å². The number of likely N-dealkylation sites (tertiary alicyclic amines) is 1. The molecule has 0 aliphatic carbocycles. The number of alkyl halides is 3. The summed E-state index contributed by atoms with van der Waals surface area (Å²) in [7, 11) is 0. The van der Waals surface area contributed by atoms with Crippen molar-refractivity contribution in [3.05, 3.63) is 64.7 Å². The van der Waals surface area contributed by atoms with E-state index in [0.717, 1.165) is 17.7 Å². The van der Waals surface area contributed by atoms with Crippen molar-refractivity contribution in [3.8, 4) is 5.75 Å². The molecule has 1 amide bonds. The SMILES string of the molecule is C[C@H](NC(=O)C1(N2CC[C@@H](Oc3cccc(C(F)(F)F)c3)C2)CCOCC1)c1cccc(Cl)c1.Cl. The van der Waals surface area contributed by atoms with Crippen molar-refractivity contribution in [1.29, 1.82) is 0 Å². The highest BCUT2D eigenvalue weighted by molar-refractivity contribution is 6.30. The second-order valence-electron chi connectivity index (χ2n) is 8.89. The Balaban J connectivity index is 0.00000342. The average Bonchev–Trinajstić information content (AvgIpc) is 3.28. The van der Waals surface area contributed by atoms with Crippen LogP contribution >= 0.6 is 24.0 Å². The van der Waals surface area contributed by atoms with Crippen molar-refractivity contribution in [2.75, 3.05) is 26.3 Å². The summed E-state index contributed by atoms with van der Waals surface area (Å²) in [6.45, 7) is 3.92. The molecule has 2 aromatic carbocycles. The predicted molar refractivity (Wildman–Crippen MR) is 130 cm³/mol. The largest absolute Gasteiger partial charge is 0.489 e. The van der Waals surface area contributed by atoms with Crippen LogP contribution in [0, 0.1) is 0 Å². The van der Waals surface area contributed by atoms with Gasteiger partial charge in [0.25, 0.3) is 0 Å². The van der Waals surface area contributed by atoms with E-state index < -0.39 is 17.3 Å². The molecule has 0 saturated carbocycles. The fourth-order valence-electron chi connectivity index (χ4n) is 4.74. The number of carbonyl (C=O) groups is 1. The zero-order valence-corrected chi connectivity index (χ0v) is 20.9. The van der Waals surface area contributed by atoms with Crippen LogP contribution in [-0.4, -0.2) is 48.8 Å². The van der Waals surface area contributed by atoms with Crippen LogP contribution in [0.4, 0.5) is 13.2 Å². The van der Waals surface area contributed by atoms with E-state index in [-0.39, 0.29) is 36.2 Å². The van der Waals surface area contributed by atoms with Gasteiger partial charge in [-0.25, -0.2) is 0 Å². The molecule has 0 spiro atoms. The first-order valence-corrected chi connectivity index (χ1v) is 11.8. The lowest BCUT2D eigenvalue weighted by Crippen LogP contribution is -2.61. The molecule has 2 aliphatic rings. The van der Waals surface area contributed by atoms with Gasteiger partial charge < -0.3 is 14.8 Å². The smallest absolute Gasteiger partial charge is 0.416 e. The Kier molecular flexibility index (Phi) is 8.96. The van der Waals surface area contributed by atoms with Crippen molar-refractivity contribution in [3.63, 3.8) is 0 Å². The number of benzene rings is 2. The maximum Gasteiger partial charge on any atom is 0.416 e. The van der Waals surface area contributed by atoms with Crippen LogP contribution in [-0.2, 0) is 15.7 Å². The number of ether oxygens (including phenoxy) is 2. The lowest BCUT2D eigenvalue weighted by Gasteiger charge is -2.43. The van der Waals surface area contributed by atoms with E-state index in [0.29, 0.717) is 50.6 Å². The van der Waals surface area contributed by atoms with E-state index in [2.05, 4.69) is 10.2 Å². The second kappa shape index (κ2) is 11.4. The van der Waals surface area contributed by atoms with Gasteiger partial charge in [-0.1, -0.05) is 29.8 Å². The standard InChI is InChI=1S/C25H28ClF3N2O3.ClH/c1-17(18-4-2-6-20(26)14-18)30-23(32)24(9-12-33-13-10-24)31-11-8-22(16-31)34-21-7-3-5-19(15-21)25(27,28)29;/h2-7,14-15,17,22H,8-13,16H2,1H3,(H,30,32);1H/t17-,22+;/m0./s1. The summed E-state index contributed by atoms with van der Waals surface area (Å²) < 4.78 is 50.6. The molecule has 0 aromatic heterocycles. The van der Waals surface area contributed by atoms with Gasteiger partial charge in [-0.2, -0.15) is 13.2 Å². The molecule has 2 heterocycles. The van der Waals surface area contributed by atoms with Gasteiger partial charge in [0.05, 0.1) is 11.6 Å². The third-order valence-electron chi connectivity index (χ3n) is 6.65. The molecule has 35 heavy (non-hydrogen) atoms. The lowest BCUT2D eigenvalue weighted by atomic mass is 9.86. The van der Waals surface area contributed by atoms with Crippen molar-refractivity contribution >= 4 is 29.9 Å². The first-order chi connectivity index (χ1) is 16.2. The zero-order valence-electron chi connectivity index (χ0n) is 19.3. The Hall–Kier alpha value is -2.00. The van der Waals surface area contributed by atoms with Crippen molar-refractivity contribution in [2.45, 2.75) is 50.0 Å². The summed E-state index contributed by atoms with van der Waals surface area (Å²) >= 11 is 6.11. The Labute approximate surface area is 214 Å². The molecular formula is C25H29Cl2F3N2O3. The number of rotatable bonds is 6. The minimum atomic E-state index is -4.43. The number of amides is 1. The number of carbonyl (C=O) groups excluding carboxylic acids is 1. The predicted octanol–water partition coefficient (Wildman–Crippen LogP) is 5.66. The Bertz CT molecular complexity index is 1020. The Morgan fingerprint density at radius 2 is 1.91 bits per heavy atom. The molecule has 2 saturated heterocycles. The van der Waals surface area contributed by atoms with Crippen LogP contribution in [0.15, 0.2) is 48.5 Å². The van der Waals surface area contributed by atoms with Crippen LogP contribution in [0.3, 0.4) is 0 Å². The van der Waals surface area contributed by atoms with Crippen LogP contribution < -0.4 is 10.1 Å². The van der Waals surface area contributed by atoms with Gasteiger partial charge in [0.15, 0.2) is 0 Å². The number of hydrogen-bond acceptors (Lipinski definition) is 4. The van der Waals surface area contributed by atoms with Crippen LogP contribution in [0.25, 0.3) is 0 Å². The van der Waals surface area contributed by atoms with E-state index in [4.69, 9.17) is 21.1 Å². The zero-order chi connectivity index (χ0) is 24.3. The quantitative estimate of drug-likeness (QED) is 0.521. The van der Waals surface area contributed by atoms with Gasteiger partial charge in [0.2, 0.25) is 5.91 Å². The second-order valence-corrected chi connectivity index (χ2v) is 9.33. The number of halogens is 5. The molecule has 2 fully saturated rings. The summed E-state index contributed by atoms with van der Waals surface area (Å²) in [6.07, 6.45) is -3.03. The van der Waals surface area contributed by atoms with Crippen molar-refractivity contribution < 1.29 is 27.4 Å². The minimum Gasteiger partial charge on any atom is -0.489 e. The normalized spacial score (nSPS) is 21.1. The monoisotopic (exact) mass is 532 g/mol. The van der Waals surface area contributed by atoms with Gasteiger partial charge in [0, 0.05) is 31.3 Å². The summed E-state index contributed by atoms with van der Waals surface area (Å²) in [5.74, 6) is 0.102. The first-order valence-electron chi connectivity index (χ1n) is 11.4. The highest BCUT2D eigenvalue weighted by Crippen LogP contribution is 2.35. The fourth-order valence-corrected chi connectivity index (χ4v) is 4.94. The van der Waals surface area contributed by atoms with Crippen LogP contribution in [0.1, 0.15) is 43.4 Å². The molecule has 0 unspecified atom stereocenters. The maximum absolute atomic E-state index is 13.6. The van der Waals surface area contributed by atoms with E-state index >= 15 is 0 Å². The van der Waals surface area contributed by atoms with Crippen LogP contribution in [0.2, 0.25) is 5.02 Å².